The molecule has 0 spiro atoms. The van der Waals surface area contributed by atoms with Crippen LogP contribution in [0.25, 0.3) is 0 Å². The molecule has 0 bridgehead atoms. The zero-order chi connectivity index (χ0) is 7.84. The molecule has 0 fully saturated rings. The SMILES string of the molecule is C[C]1C=C(C)C2=C1CCCC2.[Ti]. The molecule has 0 aromatic rings. The van der Waals surface area contributed by atoms with Gasteiger partial charge < -0.3 is 0 Å². The van der Waals surface area contributed by atoms with E-state index < -0.39 is 0 Å². The fourth-order valence-electron chi connectivity index (χ4n) is 2.27. The summed E-state index contributed by atoms with van der Waals surface area (Å²) in [4.78, 5) is 0. The maximum atomic E-state index is 2.34. The van der Waals surface area contributed by atoms with Gasteiger partial charge >= 0.3 is 0 Å². The first-order valence-electron chi connectivity index (χ1n) is 4.53. The van der Waals surface area contributed by atoms with Crippen LogP contribution in [0.5, 0.6) is 0 Å². The van der Waals surface area contributed by atoms with Gasteiger partial charge in [0, 0.05) is 27.6 Å². The predicted molar refractivity (Wildman–Crippen MR) is 48.2 cm³/mol. The van der Waals surface area contributed by atoms with E-state index in [2.05, 4.69) is 19.9 Å². The van der Waals surface area contributed by atoms with Crippen molar-refractivity contribution in [1.29, 1.82) is 0 Å². The van der Waals surface area contributed by atoms with Crippen LogP contribution in [0.3, 0.4) is 0 Å². The summed E-state index contributed by atoms with van der Waals surface area (Å²) < 4.78 is 0. The fourth-order valence-corrected chi connectivity index (χ4v) is 2.27. The minimum atomic E-state index is 0. The molecule has 0 aromatic heterocycles. The van der Waals surface area contributed by atoms with Crippen molar-refractivity contribution in [1.82, 2.24) is 0 Å². The van der Waals surface area contributed by atoms with E-state index in [9.17, 15) is 0 Å². The number of allylic oxidation sites excluding steroid dienone is 4. The summed E-state index contributed by atoms with van der Waals surface area (Å²) in [6.45, 7) is 4.49. The molecular formula is C11H15Ti. The summed E-state index contributed by atoms with van der Waals surface area (Å²) in [7, 11) is 0. The molecule has 63 valence electrons. The van der Waals surface area contributed by atoms with E-state index in [0.717, 1.165) is 0 Å². The van der Waals surface area contributed by atoms with Crippen molar-refractivity contribution >= 4 is 0 Å². The van der Waals surface area contributed by atoms with E-state index in [1.54, 1.807) is 11.1 Å². The summed E-state index contributed by atoms with van der Waals surface area (Å²) in [5, 5.41) is 0. The molecule has 1 heteroatoms. The van der Waals surface area contributed by atoms with Gasteiger partial charge in [-0.05, 0) is 38.2 Å². The van der Waals surface area contributed by atoms with Crippen molar-refractivity contribution in [3.8, 4) is 0 Å². The summed E-state index contributed by atoms with van der Waals surface area (Å²) in [6, 6.07) is 0. The summed E-state index contributed by atoms with van der Waals surface area (Å²) in [6.07, 6.45) is 7.80. The van der Waals surface area contributed by atoms with Crippen molar-refractivity contribution in [3.63, 3.8) is 0 Å². The molecule has 0 heterocycles. The van der Waals surface area contributed by atoms with E-state index in [-0.39, 0.29) is 21.7 Å². The van der Waals surface area contributed by atoms with Crippen LogP contribution in [0.4, 0.5) is 0 Å². The topological polar surface area (TPSA) is 0 Å². The molecule has 12 heavy (non-hydrogen) atoms. The Hall–Kier alpha value is 0.194. The zero-order valence-electron chi connectivity index (χ0n) is 7.91. The van der Waals surface area contributed by atoms with E-state index in [4.69, 9.17) is 0 Å². The van der Waals surface area contributed by atoms with Crippen LogP contribution in [-0.2, 0) is 21.7 Å². The van der Waals surface area contributed by atoms with Crippen LogP contribution in [0.15, 0.2) is 22.8 Å². The van der Waals surface area contributed by atoms with Gasteiger partial charge in [-0.3, -0.25) is 0 Å². The minimum Gasteiger partial charge on any atom is -0.0701 e. The molecular weight excluding hydrogens is 180 g/mol. The Bertz CT molecular complexity index is 235. The van der Waals surface area contributed by atoms with Crippen molar-refractivity contribution in [2.75, 3.05) is 0 Å². The van der Waals surface area contributed by atoms with E-state index in [1.165, 1.54) is 37.2 Å². The Morgan fingerprint density at radius 1 is 1.00 bits per heavy atom. The van der Waals surface area contributed by atoms with Gasteiger partial charge in [-0.1, -0.05) is 24.1 Å². The van der Waals surface area contributed by atoms with E-state index in [1.807, 2.05) is 0 Å². The molecule has 2 aliphatic carbocycles. The summed E-state index contributed by atoms with van der Waals surface area (Å²) >= 11 is 0. The molecule has 0 N–H and O–H groups in total. The molecule has 0 atom stereocenters. The second-order valence-corrected chi connectivity index (χ2v) is 3.67. The van der Waals surface area contributed by atoms with Crippen LogP contribution in [-0.4, -0.2) is 0 Å². The van der Waals surface area contributed by atoms with Gasteiger partial charge in [-0.2, -0.15) is 0 Å². The van der Waals surface area contributed by atoms with Gasteiger partial charge in [0.2, 0.25) is 0 Å². The van der Waals surface area contributed by atoms with Crippen LogP contribution >= 0.6 is 0 Å². The molecule has 0 nitrogen and oxygen atoms in total. The zero-order valence-corrected chi connectivity index (χ0v) is 9.47. The molecule has 0 aliphatic heterocycles. The Morgan fingerprint density at radius 3 is 2.17 bits per heavy atom. The van der Waals surface area contributed by atoms with Gasteiger partial charge in [0.25, 0.3) is 0 Å². The van der Waals surface area contributed by atoms with Crippen LogP contribution in [0.2, 0.25) is 0 Å². The van der Waals surface area contributed by atoms with E-state index in [0.29, 0.717) is 0 Å². The molecule has 2 aliphatic rings. The first-order valence-corrected chi connectivity index (χ1v) is 4.53. The summed E-state index contributed by atoms with van der Waals surface area (Å²) in [5.74, 6) is 1.53. The van der Waals surface area contributed by atoms with Gasteiger partial charge in [0.05, 0.1) is 0 Å². The largest absolute Gasteiger partial charge is 0.0701 e. The Morgan fingerprint density at radius 2 is 1.58 bits per heavy atom. The molecule has 0 aromatic carbocycles. The number of hydrogen-bond acceptors (Lipinski definition) is 0. The predicted octanol–water partition coefficient (Wildman–Crippen LogP) is 3.41. The molecule has 1 radical (unpaired) electrons. The standard InChI is InChI=1S/C11H15.Ti/c1-8-7-9(2)11-6-4-3-5-10(8)11;/h7H,3-6H2,1-2H3;. The van der Waals surface area contributed by atoms with Crippen molar-refractivity contribution in [2.24, 2.45) is 0 Å². The van der Waals surface area contributed by atoms with E-state index >= 15 is 0 Å². The Kier molecular flexibility index (Phi) is 3.37. The average Bonchev–Trinajstić information content (AvgIpc) is 2.30. The monoisotopic (exact) mass is 195 g/mol. The maximum absolute atomic E-state index is 2.34. The molecule has 0 amide bonds. The normalized spacial score (nSPS) is 23.3. The third-order valence-corrected chi connectivity index (χ3v) is 2.85. The van der Waals surface area contributed by atoms with Crippen molar-refractivity contribution < 1.29 is 21.7 Å². The summed E-state index contributed by atoms with van der Waals surface area (Å²) in [5.41, 5.74) is 4.85. The fraction of sp³-hybridized carbons (Fsp3) is 0.545. The third kappa shape index (κ3) is 1.60. The first-order chi connectivity index (χ1) is 5.29. The minimum absolute atomic E-state index is 0. The Balaban J connectivity index is 0.000000720. The smallest absolute Gasteiger partial charge is 0.0200 e. The average molecular weight is 195 g/mol. The van der Waals surface area contributed by atoms with Crippen molar-refractivity contribution in [2.45, 2.75) is 39.5 Å². The van der Waals surface area contributed by atoms with Gasteiger partial charge in [-0.25, -0.2) is 0 Å². The molecule has 0 saturated carbocycles. The van der Waals surface area contributed by atoms with Crippen LogP contribution < -0.4 is 0 Å². The Labute approximate surface area is 90.0 Å². The number of rotatable bonds is 0. The quantitative estimate of drug-likeness (QED) is 0.519. The van der Waals surface area contributed by atoms with Crippen molar-refractivity contribution in [3.05, 3.63) is 28.7 Å². The van der Waals surface area contributed by atoms with Crippen LogP contribution in [0.1, 0.15) is 39.5 Å². The van der Waals surface area contributed by atoms with Gasteiger partial charge in [0.15, 0.2) is 0 Å². The van der Waals surface area contributed by atoms with Gasteiger partial charge in [-0.15, -0.1) is 0 Å². The third-order valence-electron chi connectivity index (χ3n) is 2.85. The second-order valence-electron chi connectivity index (χ2n) is 3.67. The first kappa shape index (κ1) is 10.3. The number of hydrogen-bond donors (Lipinski definition) is 0. The van der Waals surface area contributed by atoms with Gasteiger partial charge in [0.1, 0.15) is 0 Å². The second kappa shape index (κ2) is 3.93. The molecule has 2 rings (SSSR count). The maximum Gasteiger partial charge on any atom is 0.0200 e. The molecule has 0 unspecified atom stereocenters. The van der Waals surface area contributed by atoms with Crippen LogP contribution in [0, 0.1) is 5.92 Å². The molecule has 0 saturated heterocycles.